The number of carbonyl (C=O) groups is 1. The van der Waals surface area contributed by atoms with Gasteiger partial charge in [0.25, 0.3) is 0 Å². The van der Waals surface area contributed by atoms with E-state index in [2.05, 4.69) is 20.5 Å². The third-order valence-corrected chi connectivity index (χ3v) is 7.57. The highest BCUT2D eigenvalue weighted by molar-refractivity contribution is 7.13. The van der Waals surface area contributed by atoms with E-state index < -0.39 is 0 Å². The molecular formula is C20H35Cl2N5O2S. The van der Waals surface area contributed by atoms with Gasteiger partial charge in [-0.1, -0.05) is 0 Å². The van der Waals surface area contributed by atoms with Crippen LogP contribution in [0.25, 0.3) is 0 Å². The summed E-state index contributed by atoms with van der Waals surface area (Å²) in [5, 5.41) is 9.37. The van der Waals surface area contributed by atoms with E-state index in [1.54, 1.807) is 0 Å². The molecule has 1 saturated carbocycles. The van der Waals surface area contributed by atoms with Gasteiger partial charge in [-0.3, -0.25) is 9.69 Å². The molecule has 0 spiro atoms. The second-order valence-electron chi connectivity index (χ2n) is 8.43. The minimum atomic E-state index is -0.230. The lowest BCUT2D eigenvalue weighted by Crippen LogP contribution is -2.60. The third kappa shape index (κ3) is 5.78. The fraction of sp³-hybridized carbons (Fsp3) is 0.800. The maximum absolute atomic E-state index is 13.2. The lowest BCUT2D eigenvalue weighted by Gasteiger charge is -2.50. The average Bonchev–Trinajstić information content (AvgIpc) is 3.16. The minimum absolute atomic E-state index is 0. The molecular weight excluding hydrogens is 445 g/mol. The maximum atomic E-state index is 13.2. The van der Waals surface area contributed by atoms with Crippen LogP contribution in [0.15, 0.2) is 5.38 Å². The van der Waals surface area contributed by atoms with Gasteiger partial charge in [0.05, 0.1) is 24.3 Å². The van der Waals surface area contributed by atoms with E-state index >= 15 is 0 Å². The van der Waals surface area contributed by atoms with E-state index in [1.165, 1.54) is 11.3 Å². The lowest BCUT2D eigenvalue weighted by molar-refractivity contribution is -0.140. The van der Waals surface area contributed by atoms with Crippen molar-refractivity contribution in [2.45, 2.75) is 44.6 Å². The molecule has 1 amide bonds. The van der Waals surface area contributed by atoms with Crippen LogP contribution in [-0.4, -0.2) is 67.8 Å². The number of nitrogens with two attached hydrogens (primary N) is 1. The van der Waals surface area contributed by atoms with Crippen molar-refractivity contribution in [3.8, 4) is 0 Å². The summed E-state index contributed by atoms with van der Waals surface area (Å²) in [4.78, 5) is 20.1. The molecule has 0 radical (unpaired) electrons. The molecule has 3 heterocycles. The molecule has 0 unspecified atom stereocenters. The molecule has 0 aromatic carbocycles. The van der Waals surface area contributed by atoms with Crippen LogP contribution in [-0.2, 0) is 16.0 Å². The topological polar surface area (TPSA) is 92.5 Å². The number of nitrogens with one attached hydrogen (secondary N) is 2. The van der Waals surface area contributed by atoms with Gasteiger partial charge < -0.3 is 21.1 Å². The number of nitrogens with zero attached hydrogens (tertiary/aromatic N) is 2. The number of aromatic nitrogens is 1. The fourth-order valence-electron chi connectivity index (χ4n) is 5.25. The first-order chi connectivity index (χ1) is 13.7. The molecule has 1 aliphatic carbocycles. The number of piperidine rings is 1. The zero-order chi connectivity index (χ0) is 19.4. The lowest BCUT2D eigenvalue weighted by atomic mass is 9.61. The zero-order valence-electron chi connectivity index (χ0n) is 17.4. The third-order valence-electron chi connectivity index (χ3n) is 6.85. The highest BCUT2D eigenvalue weighted by Gasteiger charge is 2.50. The number of fused-ring (bicyclic) bond motifs is 1. The van der Waals surface area contributed by atoms with Crippen molar-refractivity contribution in [2.24, 2.45) is 11.3 Å². The van der Waals surface area contributed by atoms with E-state index in [0.29, 0.717) is 23.6 Å². The highest BCUT2D eigenvalue weighted by atomic mass is 35.5. The Morgan fingerprint density at radius 3 is 2.90 bits per heavy atom. The van der Waals surface area contributed by atoms with Crippen molar-refractivity contribution in [1.82, 2.24) is 20.5 Å². The molecule has 30 heavy (non-hydrogen) atoms. The second kappa shape index (κ2) is 11.8. The fourth-order valence-corrected chi connectivity index (χ4v) is 5.85. The van der Waals surface area contributed by atoms with E-state index in [-0.39, 0.29) is 36.1 Å². The number of amides is 1. The number of hydrogen-bond donors (Lipinski definition) is 3. The number of aryl methyl sites for hydroxylation is 1. The largest absolute Gasteiger partial charge is 0.379 e. The van der Waals surface area contributed by atoms with E-state index in [0.717, 1.165) is 83.6 Å². The molecule has 3 fully saturated rings. The first-order valence-corrected chi connectivity index (χ1v) is 11.6. The molecule has 4 N–H and O–H groups in total. The Balaban J connectivity index is 0.00000160. The van der Waals surface area contributed by atoms with Gasteiger partial charge >= 0.3 is 0 Å². The van der Waals surface area contributed by atoms with Crippen LogP contribution >= 0.6 is 36.2 Å². The summed E-state index contributed by atoms with van der Waals surface area (Å²) in [5.74, 6) is 0.733. The quantitative estimate of drug-likeness (QED) is 0.541. The molecule has 7 nitrogen and oxygen atoms in total. The summed E-state index contributed by atoms with van der Waals surface area (Å²) in [7, 11) is 0. The number of thiazole rings is 1. The number of rotatable bonds is 6. The molecule has 3 aliphatic rings. The zero-order valence-corrected chi connectivity index (χ0v) is 19.9. The van der Waals surface area contributed by atoms with Gasteiger partial charge in [0, 0.05) is 37.6 Å². The highest BCUT2D eigenvalue weighted by Crippen LogP contribution is 2.46. The predicted octanol–water partition coefficient (Wildman–Crippen LogP) is 2.10. The summed E-state index contributed by atoms with van der Waals surface area (Å²) in [5.41, 5.74) is 6.48. The van der Waals surface area contributed by atoms with Crippen molar-refractivity contribution in [3.05, 3.63) is 11.1 Å². The molecule has 10 heteroatoms. The molecule has 2 aliphatic heterocycles. The molecule has 0 bridgehead atoms. The van der Waals surface area contributed by atoms with Gasteiger partial charge in [0.2, 0.25) is 5.91 Å². The summed E-state index contributed by atoms with van der Waals surface area (Å²) in [6.07, 6.45) is 6.12. The number of ether oxygens (including phenoxy) is 1. The summed E-state index contributed by atoms with van der Waals surface area (Å²) >= 11 is 1.48. The Morgan fingerprint density at radius 1 is 1.37 bits per heavy atom. The standard InChI is InChI=1S/C20H33N5O2S.2ClH/c21-19-24-16(13-28-19)2-1-6-23-18(26)20-5-3-17(25-8-10-27-11-9-25)12-15(20)4-7-22-14-20;;/h13,15,17,22H,1-12,14H2,(H2,21,24)(H,23,26);2*1H/t15-,17-,20-;;/m1../s1. The van der Waals surface area contributed by atoms with Gasteiger partial charge in [-0.25, -0.2) is 4.98 Å². The van der Waals surface area contributed by atoms with Crippen LogP contribution in [0.5, 0.6) is 0 Å². The number of nitrogen functional groups attached to an aromatic ring is 1. The Bertz CT molecular complexity index is 673. The molecule has 3 atom stereocenters. The summed E-state index contributed by atoms with van der Waals surface area (Å²) < 4.78 is 5.52. The first kappa shape index (κ1) is 25.6. The first-order valence-electron chi connectivity index (χ1n) is 10.7. The van der Waals surface area contributed by atoms with E-state index in [4.69, 9.17) is 10.5 Å². The number of halogens is 2. The maximum Gasteiger partial charge on any atom is 0.227 e. The van der Waals surface area contributed by atoms with Crippen LogP contribution < -0.4 is 16.4 Å². The Labute approximate surface area is 195 Å². The predicted molar refractivity (Wildman–Crippen MR) is 126 cm³/mol. The van der Waals surface area contributed by atoms with Gasteiger partial charge in [0.15, 0.2) is 5.13 Å². The number of anilines is 1. The Hall–Kier alpha value is -0.640. The molecule has 1 aromatic heterocycles. The Morgan fingerprint density at radius 2 is 2.17 bits per heavy atom. The molecule has 2 saturated heterocycles. The minimum Gasteiger partial charge on any atom is -0.379 e. The van der Waals surface area contributed by atoms with Crippen LogP contribution in [0, 0.1) is 11.3 Å². The number of hydrogen-bond acceptors (Lipinski definition) is 7. The van der Waals surface area contributed by atoms with Crippen LogP contribution in [0.2, 0.25) is 0 Å². The van der Waals surface area contributed by atoms with Crippen molar-refractivity contribution in [3.63, 3.8) is 0 Å². The van der Waals surface area contributed by atoms with Crippen LogP contribution in [0.1, 0.15) is 37.8 Å². The van der Waals surface area contributed by atoms with Crippen LogP contribution in [0.3, 0.4) is 0 Å². The molecule has 4 rings (SSSR count). The van der Waals surface area contributed by atoms with Gasteiger partial charge in [-0.2, -0.15) is 0 Å². The van der Waals surface area contributed by atoms with Gasteiger partial charge in [-0.15, -0.1) is 36.2 Å². The van der Waals surface area contributed by atoms with Crippen molar-refractivity contribution in [2.75, 3.05) is 51.7 Å². The summed E-state index contributed by atoms with van der Waals surface area (Å²) in [6.45, 7) is 6.32. The number of morpholine rings is 1. The SMILES string of the molecule is Cl.Cl.Nc1nc(CCCNC(=O)[C@@]23CC[C@@H](N4CCOCC4)C[C@H]2CCNC3)cs1. The molecule has 172 valence electrons. The monoisotopic (exact) mass is 479 g/mol. The van der Waals surface area contributed by atoms with Gasteiger partial charge in [-0.05, 0) is 51.0 Å². The van der Waals surface area contributed by atoms with E-state index in [1.807, 2.05) is 5.38 Å². The van der Waals surface area contributed by atoms with Crippen LogP contribution in [0.4, 0.5) is 5.13 Å². The Kier molecular flexibility index (Phi) is 10.1. The smallest absolute Gasteiger partial charge is 0.227 e. The summed E-state index contributed by atoms with van der Waals surface area (Å²) in [6, 6.07) is 0.614. The van der Waals surface area contributed by atoms with Crippen molar-refractivity contribution < 1.29 is 9.53 Å². The molecule has 1 aromatic rings. The van der Waals surface area contributed by atoms with Crippen molar-refractivity contribution in [1.29, 1.82) is 0 Å². The normalized spacial score (nSPS) is 29.2. The average molecular weight is 481 g/mol. The second-order valence-corrected chi connectivity index (χ2v) is 9.32. The van der Waals surface area contributed by atoms with E-state index in [9.17, 15) is 4.79 Å². The van der Waals surface area contributed by atoms with Crippen molar-refractivity contribution >= 4 is 47.2 Å². The van der Waals surface area contributed by atoms with Gasteiger partial charge in [0.1, 0.15) is 0 Å². The number of carbonyl (C=O) groups excluding carboxylic acids is 1.